The van der Waals surface area contributed by atoms with Crippen LogP contribution in [0.4, 0.5) is 5.69 Å². The molecule has 1 fully saturated rings. The van der Waals surface area contributed by atoms with E-state index in [9.17, 15) is 10.1 Å². The first-order valence-electron chi connectivity index (χ1n) is 7.02. The molecule has 1 atom stereocenters. The first-order chi connectivity index (χ1) is 9.72. The second-order valence-corrected chi connectivity index (χ2v) is 5.02. The maximum Gasteiger partial charge on any atom is 0.269 e. The SMILES string of the molecule is C=CCC[C@@H](c1ccc([N+](=O)[O-])cc1)N1CCNCC1.Cl.Cl. The van der Waals surface area contributed by atoms with Gasteiger partial charge in [-0.15, -0.1) is 31.4 Å². The molecule has 0 saturated carbocycles. The lowest BCUT2D eigenvalue weighted by Gasteiger charge is -2.35. The number of nitrogens with one attached hydrogen (secondary N) is 1. The highest BCUT2D eigenvalue weighted by molar-refractivity contribution is 5.85. The first kappa shape index (κ1) is 20.9. The van der Waals surface area contributed by atoms with Crippen molar-refractivity contribution in [2.24, 2.45) is 0 Å². The highest BCUT2D eigenvalue weighted by Crippen LogP contribution is 2.27. The molecule has 1 aliphatic heterocycles. The zero-order valence-electron chi connectivity index (χ0n) is 12.4. The van der Waals surface area contributed by atoms with Crippen molar-refractivity contribution < 1.29 is 4.92 Å². The summed E-state index contributed by atoms with van der Waals surface area (Å²) in [5, 5.41) is 14.1. The average Bonchev–Trinajstić information content (AvgIpc) is 2.49. The van der Waals surface area contributed by atoms with Gasteiger partial charge in [0.15, 0.2) is 0 Å². The minimum absolute atomic E-state index is 0. The first-order valence-corrected chi connectivity index (χ1v) is 7.02. The number of benzene rings is 1. The lowest BCUT2D eigenvalue weighted by atomic mass is 9.99. The molecule has 0 spiro atoms. The van der Waals surface area contributed by atoms with E-state index in [2.05, 4.69) is 16.8 Å². The maximum absolute atomic E-state index is 10.7. The fraction of sp³-hybridized carbons (Fsp3) is 0.467. The molecule has 1 aliphatic rings. The van der Waals surface area contributed by atoms with Crippen molar-refractivity contribution >= 4 is 30.5 Å². The summed E-state index contributed by atoms with van der Waals surface area (Å²) in [6, 6.07) is 7.27. The predicted octanol–water partition coefficient (Wildman–Crippen LogP) is 3.35. The van der Waals surface area contributed by atoms with Crippen molar-refractivity contribution in [1.29, 1.82) is 0 Å². The van der Waals surface area contributed by atoms with E-state index in [0.29, 0.717) is 6.04 Å². The fourth-order valence-electron chi connectivity index (χ4n) is 2.65. The normalized spacial score (nSPS) is 16.0. The Labute approximate surface area is 143 Å². The molecule has 7 heteroatoms. The number of allylic oxidation sites excluding steroid dienone is 1. The molecule has 0 aromatic heterocycles. The minimum Gasteiger partial charge on any atom is -0.314 e. The van der Waals surface area contributed by atoms with Crippen LogP contribution >= 0.6 is 24.8 Å². The number of hydrogen-bond donors (Lipinski definition) is 1. The third kappa shape index (κ3) is 5.57. The zero-order valence-corrected chi connectivity index (χ0v) is 14.1. The minimum atomic E-state index is -0.354. The van der Waals surface area contributed by atoms with Gasteiger partial charge in [0.25, 0.3) is 5.69 Å². The number of non-ortho nitro benzene ring substituents is 1. The Balaban J connectivity index is 0.00000220. The van der Waals surface area contributed by atoms with Crippen molar-refractivity contribution in [2.45, 2.75) is 18.9 Å². The van der Waals surface area contributed by atoms with E-state index in [1.807, 2.05) is 18.2 Å². The van der Waals surface area contributed by atoms with Crippen LogP contribution in [0.3, 0.4) is 0 Å². The standard InChI is InChI=1S/C15H21N3O2.2ClH/c1-2-3-4-15(17-11-9-16-10-12-17)13-5-7-14(8-6-13)18(19)20;;/h2,5-8,15-16H,1,3-4,9-12H2;2*1H/t15-;;/m0../s1. The van der Waals surface area contributed by atoms with Gasteiger partial charge in [0.05, 0.1) is 4.92 Å². The van der Waals surface area contributed by atoms with E-state index >= 15 is 0 Å². The monoisotopic (exact) mass is 347 g/mol. The Morgan fingerprint density at radius 1 is 1.27 bits per heavy atom. The van der Waals surface area contributed by atoms with Gasteiger partial charge < -0.3 is 5.32 Å². The lowest BCUT2D eigenvalue weighted by molar-refractivity contribution is -0.384. The van der Waals surface area contributed by atoms with Crippen LogP contribution in [-0.2, 0) is 0 Å². The van der Waals surface area contributed by atoms with Crippen LogP contribution in [0, 0.1) is 10.1 Å². The maximum atomic E-state index is 10.7. The molecule has 1 N–H and O–H groups in total. The largest absolute Gasteiger partial charge is 0.314 e. The van der Waals surface area contributed by atoms with Gasteiger partial charge >= 0.3 is 0 Å². The lowest BCUT2D eigenvalue weighted by Crippen LogP contribution is -2.45. The van der Waals surface area contributed by atoms with Crippen LogP contribution in [-0.4, -0.2) is 36.0 Å². The molecule has 2 rings (SSSR count). The van der Waals surface area contributed by atoms with Crippen LogP contribution < -0.4 is 5.32 Å². The third-order valence-electron chi connectivity index (χ3n) is 3.73. The number of nitro benzene ring substituents is 1. The topological polar surface area (TPSA) is 58.4 Å². The van der Waals surface area contributed by atoms with E-state index in [0.717, 1.165) is 44.6 Å². The van der Waals surface area contributed by atoms with Crippen molar-refractivity contribution in [3.8, 4) is 0 Å². The number of halogens is 2. The van der Waals surface area contributed by atoms with Crippen LogP contribution in [0.15, 0.2) is 36.9 Å². The van der Waals surface area contributed by atoms with Crippen LogP contribution in [0.2, 0.25) is 0 Å². The Morgan fingerprint density at radius 3 is 2.36 bits per heavy atom. The molecule has 1 heterocycles. The van der Waals surface area contributed by atoms with Gasteiger partial charge in [-0.05, 0) is 18.4 Å². The van der Waals surface area contributed by atoms with E-state index < -0.39 is 0 Å². The molecule has 124 valence electrons. The summed E-state index contributed by atoms with van der Waals surface area (Å²) in [6.07, 6.45) is 3.88. The zero-order chi connectivity index (χ0) is 14.4. The Kier molecular flexibility index (Phi) is 10.0. The van der Waals surface area contributed by atoms with Gasteiger partial charge in [0, 0.05) is 44.4 Å². The second-order valence-electron chi connectivity index (χ2n) is 5.02. The summed E-state index contributed by atoms with van der Waals surface area (Å²) in [5.74, 6) is 0. The van der Waals surface area contributed by atoms with Crippen LogP contribution in [0.5, 0.6) is 0 Å². The number of rotatable bonds is 6. The van der Waals surface area contributed by atoms with Gasteiger partial charge in [0.1, 0.15) is 0 Å². The van der Waals surface area contributed by atoms with E-state index in [1.54, 1.807) is 12.1 Å². The van der Waals surface area contributed by atoms with Crippen molar-refractivity contribution in [3.63, 3.8) is 0 Å². The molecule has 0 radical (unpaired) electrons. The molecule has 0 aliphatic carbocycles. The van der Waals surface area contributed by atoms with Gasteiger partial charge in [-0.25, -0.2) is 0 Å². The summed E-state index contributed by atoms with van der Waals surface area (Å²) < 4.78 is 0. The van der Waals surface area contributed by atoms with Crippen molar-refractivity contribution in [2.75, 3.05) is 26.2 Å². The average molecular weight is 348 g/mol. The van der Waals surface area contributed by atoms with Gasteiger partial charge in [-0.1, -0.05) is 18.2 Å². The summed E-state index contributed by atoms with van der Waals surface area (Å²) in [7, 11) is 0. The Morgan fingerprint density at radius 2 is 1.86 bits per heavy atom. The quantitative estimate of drug-likeness (QED) is 0.487. The summed E-state index contributed by atoms with van der Waals surface area (Å²) in [4.78, 5) is 12.8. The molecular formula is C15H23Cl2N3O2. The third-order valence-corrected chi connectivity index (χ3v) is 3.73. The molecule has 1 saturated heterocycles. The van der Waals surface area contributed by atoms with Crippen LogP contribution in [0.1, 0.15) is 24.4 Å². The summed E-state index contributed by atoms with van der Waals surface area (Å²) in [6.45, 7) is 7.81. The fourth-order valence-corrected chi connectivity index (χ4v) is 2.65. The van der Waals surface area contributed by atoms with Gasteiger partial charge in [-0.2, -0.15) is 0 Å². The molecule has 22 heavy (non-hydrogen) atoms. The van der Waals surface area contributed by atoms with E-state index in [1.165, 1.54) is 0 Å². The molecular weight excluding hydrogens is 325 g/mol. The smallest absolute Gasteiger partial charge is 0.269 e. The molecule has 0 amide bonds. The molecule has 1 aromatic carbocycles. The number of nitro groups is 1. The van der Waals surface area contributed by atoms with Gasteiger partial charge in [0.2, 0.25) is 0 Å². The summed E-state index contributed by atoms with van der Waals surface area (Å²) in [5.41, 5.74) is 1.30. The second kappa shape index (κ2) is 10.6. The molecule has 0 unspecified atom stereocenters. The van der Waals surface area contributed by atoms with E-state index in [-0.39, 0.29) is 35.4 Å². The van der Waals surface area contributed by atoms with Crippen molar-refractivity contribution in [1.82, 2.24) is 10.2 Å². The Bertz CT molecular complexity index is 462. The number of piperazine rings is 1. The summed E-state index contributed by atoms with van der Waals surface area (Å²) >= 11 is 0. The number of hydrogen-bond acceptors (Lipinski definition) is 4. The molecule has 0 bridgehead atoms. The number of nitrogens with zero attached hydrogens (tertiary/aromatic N) is 2. The molecule has 1 aromatic rings. The Hall–Kier alpha value is -1.14. The molecule has 5 nitrogen and oxygen atoms in total. The van der Waals surface area contributed by atoms with Crippen LogP contribution in [0.25, 0.3) is 0 Å². The van der Waals surface area contributed by atoms with Gasteiger partial charge in [-0.3, -0.25) is 15.0 Å². The van der Waals surface area contributed by atoms with Crippen molar-refractivity contribution in [3.05, 3.63) is 52.6 Å². The highest BCUT2D eigenvalue weighted by atomic mass is 35.5. The van der Waals surface area contributed by atoms with E-state index in [4.69, 9.17) is 0 Å². The predicted molar refractivity (Wildman–Crippen MR) is 94.2 cm³/mol. The highest BCUT2D eigenvalue weighted by Gasteiger charge is 2.22.